The van der Waals surface area contributed by atoms with Crippen LogP contribution in [0.25, 0.3) is 0 Å². The molecule has 0 saturated heterocycles. The summed E-state index contributed by atoms with van der Waals surface area (Å²) in [4.78, 5) is 14.4. The zero-order valence-electron chi connectivity index (χ0n) is 8.16. The van der Waals surface area contributed by atoms with Gasteiger partial charge in [-0.3, -0.25) is 9.78 Å². The molecule has 0 amide bonds. The monoisotopic (exact) mass is 194 g/mol. The van der Waals surface area contributed by atoms with E-state index in [2.05, 4.69) is 10.3 Å². The van der Waals surface area contributed by atoms with Crippen molar-refractivity contribution in [2.75, 3.05) is 6.54 Å². The minimum Gasteiger partial charge on any atom is -0.481 e. The molecule has 0 atom stereocenters. The lowest BCUT2D eigenvalue weighted by Crippen LogP contribution is -2.18. The van der Waals surface area contributed by atoms with Gasteiger partial charge in [0.15, 0.2) is 0 Å². The minimum absolute atomic E-state index is 0.145. The van der Waals surface area contributed by atoms with Crippen molar-refractivity contribution in [3.05, 3.63) is 29.6 Å². The van der Waals surface area contributed by atoms with Crippen LogP contribution in [0.3, 0.4) is 0 Å². The lowest BCUT2D eigenvalue weighted by atomic mass is 10.3. The van der Waals surface area contributed by atoms with Crippen molar-refractivity contribution in [1.29, 1.82) is 0 Å². The Morgan fingerprint density at radius 2 is 2.36 bits per heavy atom. The topological polar surface area (TPSA) is 62.2 Å². The Morgan fingerprint density at radius 1 is 1.57 bits per heavy atom. The first-order chi connectivity index (χ1) is 6.68. The highest BCUT2D eigenvalue weighted by atomic mass is 16.4. The molecule has 14 heavy (non-hydrogen) atoms. The molecule has 0 aliphatic heterocycles. The third kappa shape index (κ3) is 4.00. The zero-order chi connectivity index (χ0) is 10.4. The van der Waals surface area contributed by atoms with E-state index in [1.54, 1.807) is 6.20 Å². The first-order valence-electron chi connectivity index (χ1n) is 4.52. The van der Waals surface area contributed by atoms with Gasteiger partial charge in [-0.05, 0) is 18.6 Å². The van der Waals surface area contributed by atoms with Crippen LogP contribution in [-0.4, -0.2) is 22.6 Å². The van der Waals surface area contributed by atoms with Crippen molar-refractivity contribution in [2.24, 2.45) is 0 Å². The minimum atomic E-state index is -0.783. The summed E-state index contributed by atoms with van der Waals surface area (Å²) in [6.45, 7) is 3.08. The van der Waals surface area contributed by atoms with E-state index in [-0.39, 0.29) is 6.42 Å². The van der Waals surface area contributed by atoms with Crippen LogP contribution in [0.15, 0.2) is 18.3 Å². The molecule has 0 saturated carbocycles. The van der Waals surface area contributed by atoms with Crippen LogP contribution in [0.2, 0.25) is 0 Å². The molecule has 4 heteroatoms. The Bertz CT molecular complexity index is 295. The van der Waals surface area contributed by atoms with Crippen LogP contribution in [0.5, 0.6) is 0 Å². The summed E-state index contributed by atoms with van der Waals surface area (Å²) in [5, 5.41) is 11.4. The maximum absolute atomic E-state index is 10.2. The molecule has 0 aliphatic rings. The largest absolute Gasteiger partial charge is 0.481 e. The average Bonchev–Trinajstić information content (AvgIpc) is 2.15. The number of nitrogens with zero attached hydrogens (tertiary/aromatic N) is 1. The van der Waals surface area contributed by atoms with Crippen LogP contribution in [0, 0.1) is 6.92 Å². The number of hydrogen-bond acceptors (Lipinski definition) is 3. The van der Waals surface area contributed by atoms with E-state index in [0.717, 1.165) is 11.3 Å². The van der Waals surface area contributed by atoms with E-state index in [9.17, 15) is 4.79 Å². The highest BCUT2D eigenvalue weighted by molar-refractivity contribution is 5.66. The number of aliphatic carboxylic acids is 1. The standard InChI is InChI=1S/C10H14N2O2/c1-8-2-3-9(12-6-8)7-11-5-4-10(13)14/h2-3,6,11H,4-5,7H2,1H3,(H,13,14). The lowest BCUT2D eigenvalue weighted by molar-refractivity contribution is -0.136. The second kappa shape index (κ2) is 5.34. The normalized spacial score (nSPS) is 10.1. The van der Waals surface area contributed by atoms with Crippen LogP contribution in [0.1, 0.15) is 17.7 Å². The molecule has 0 aromatic carbocycles. The average molecular weight is 194 g/mol. The Kier molecular flexibility index (Phi) is 4.07. The van der Waals surface area contributed by atoms with Crippen LogP contribution in [0.4, 0.5) is 0 Å². The van der Waals surface area contributed by atoms with Crippen molar-refractivity contribution in [1.82, 2.24) is 10.3 Å². The van der Waals surface area contributed by atoms with Gasteiger partial charge in [-0.1, -0.05) is 6.07 Å². The summed E-state index contributed by atoms with van der Waals surface area (Å²) in [6.07, 6.45) is 1.94. The van der Waals surface area contributed by atoms with E-state index < -0.39 is 5.97 Å². The number of carbonyl (C=O) groups is 1. The van der Waals surface area contributed by atoms with Crippen molar-refractivity contribution < 1.29 is 9.90 Å². The molecule has 76 valence electrons. The maximum atomic E-state index is 10.2. The van der Waals surface area contributed by atoms with Crippen molar-refractivity contribution in [3.63, 3.8) is 0 Å². The summed E-state index contributed by atoms with van der Waals surface area (Å²) in [6, 6.07) is 3.92. The van der Waals surface area contributed by atoms with Gasteiger partial charge in [0.05, 0.1) is 12.1 Å². The Morgan fingerprint density at radius 3 is 2.93 bits per heavy atom. The summed E-state index contributed by atoms with van der Waals surface area (Å²) in [5.74, 6) is -0.783. The van der Waals surface area contributed by atoms with Gasteiger partial charge in [0, 0.05) is 19.3 Å². The molecule has 1 heterocycles. The Labute approximate surface area is 83.0 Å². The molecule has 0 unspecified atom stereocenters. The summed E-state index contributed by atoms with van der Waals surface area (Å²) in [5.41, 5.74) is 2.06. The Hall–Kier alpha value is -1.42. The number of carboxylic acids is 1. The number of nitrogens with one attached hydrogen (secondary N) is 1. The van der Waals surface area contributed by atoms with E-state index in [1.165, 1.54) is 0 Å². The van der Waals surface area contributed by atoms with Gasteiger partial charge in [0.2, 0.25) is 0 Å². The third-order valence-electron chi connectivity index (χ3n) is 1.79. The molecular weight excluding hydrogens is 180 g/mol. The summed E-state index contributed by atoms with van der Waals surface area (Å²) in [7, 11) is 0. The molecule has 0 aliphatic carbocycles. The van der Waals surface area contributed by atoms with Crippen molar-refractivity contribution >= 4 is 5.97 Å². The zero-order valence-corrected chi connectivity index (χ0v) is 8.16. The van der Waals surface area contributed by atoms with Gasteiger partial charge in [0.1, 0.15) is 0 Å². The summed E-state index contributed by atoms with van der Waals surface area (Å²) >= 11 is 0. The lowest BCUT2D eigenvalue weighted by Gasteiger charge is -2.02. The molecule has 0 spiro atoms. The van der Waals surface area contributed by atoms with Gasteiger partial charge in [-0.15, -0.1) is 0 Å². The van der Waals surface area contributed by atoms with Gasteiger partial charge in [-0.25, -0.2) is 0 Å². The highest BCUT2D eigenvalue weighted by Crippen LogP contribution is 1.97. The molecular formula is C10H14N2O2. The molecule has 0 fully saturated rings. The number of hydrogen-bond donors (Lipinski definition) is 2. The number of carboxylic acid groups (broad SMARTS) is 1. The van der Waals surface area contributed by atoms with E-state index in [4.69, 9.17) is 5.11 Å². The number of aryl methyl sites for hydroxylation is 1. The van der Waals surface area contributed by atoms with Gasteiger partial charge in [0.25, 0.3) is 0 Å². The first kappa shape index (κ1) is 10.7. The molecule has 0 bridgehead atoms. The fourth-order valence-corrected chi connectivity index (χ4v) is 1.01. The SMILES string of the molecule is Cc1ccc(CNCCC(=O)O)nc1. The number of rotatable bonds is 5. The maximum Gasteiger partial charge on any atom is 0.304 e. The molecule has 4 nitrogen and oxygen atoms in total. The van der Waals surface area contributed by atoms with E-state index >= 15 is 0 Å². The van der Waals surface area contributed by atoms with Gasteiger partial charge >= 0.3 is 5.97 Å². The highest BCUT2D eigenvalue weighted by Gasteiger charge is 1.96. The second-order valence-corrected chi connectivity index (χ2v) is 3.15. The molecule has 1 aromatic rings. The third-order valence-corrected chi connectivity index (χ3v) is 1.79. The number of aromatic nitrogens is 1. The fourth-order valence-electron chi connectivity index (χ4n) is 1.01. The van der Waals surface area contributed by atoms with Crippen LogP contribution < -0.4 is 5.32 Å². The van der Waals surface area contributed by atoms with Crippen LogP contribution >= 0.6 is 0 Å². The first-order valence-corrected chi connectivity index (χ1v) is 4.52. The van der Waals surface area contributed by atoms with Crippen LogP contribution in [-0.2, 0) is 11.3 Å². The predicted octanol–water partition coefficient (Wildman–Crippen LogP) is 0.954. The Balaban J connectivity index is 2.25. The van der Waals surface area contributed by atoms with Gasteiger partial charge < -0.3 is 10.4 Å². The fraction of sp³-hybridized carbons (Fsp3) is 0.400. The molecule has 2 N–H and O–H groups in total. The predicted molar refractivity (Wildman–Crippen MR) is 52.9 cm³/mol. The van der Waals surface area contributed by atoms with E-state index in [1.807, 2.05) is 19.1 Å². The second-order valence-electron chi connectivity index (χ2n) is 3.15. The van der Waals surface area contributed by atoms with Crippen molar-refractivity contribution in [2.45, 2.75) is 19.9 Å². The summed E-state index contributed by atoms with van der Waals surface area (Å²) < 4.78 is 0. The molecule has 0 radical (unpaired) electrons. The van der Waals surface area contributed by atoms with Crippen molar-refractivity contribution in [3.8, 4) is 0 Å². The number of pyridine rings is 1. The van der Waals surface area contributed by atoms with Gasteiger partial charge in [-0.2, -0.15) is 0 Å². The molecule has 1 aromatic heterocycles. The smallest absolute Gasteiger partial charge is 0.304 e. The molecule has 1 rings (SSSR count). The quantitative estimate of drug-likeness (QED) is 0.685. The van der Waals surface area contributed by atoms with E-state index in [0.29, 0.717) is 13.1 Å².